The molecule has 0 fully saturated rings. The summed E-state index contributed by atoms with van der Waals surface area (Å²) in [7, 11) is 1.54. The van der Waals surface area contributed by atoms with Crippen LogP contribution < -0.4 is 14.2 Å². The molecule has 1 heterocycles. The molecule has 92 valence electrons. The summed E-state index contributed by atoms with van der Waals surface area (Å²) in [5.74, 6) is 1.65. The standard InChI is InChI=1S/C14H12O4/c1-16-14-12(9-5-3-2-4-6-9)10(15)7-11-13(14)18-8-17-11/h2-7,15H,8H2,1H3. The second-order valence-electron chi connectivity index (χ2n) is 3.90. The summed E-state index contributed by atoms with van der Waals surface area (Å²) in [6.45, 7) is 0.142. The van der Waals surface area contributed by atoms with Gasteiger partial charge < -0.3 is 19.3 Å². The monoisotopic (exact) mass is 244 g/mol. The summed E-state index contributed by atoms with van der Waals surface area (Å²) in [5.41, 5.74) is 1.48. The van der Waals surface area contributed by atoms with Gasteiger partial charge in [0, 0.05) is 6.07 Å². The molecule has 0 unspecified atom stereocenters. The molecule has 0 saturated heterocycles. The van der Waals surface area contributed by atoms with Gasteiger partial charge in [0.1, 0.15) is 5.75 Å². The highest BCUT2D eigenvalue weighted by Gasteiger charge is 2.25. The van der Waals surface area contributed by atoms with Gasteiger partial charge in [-0.05, 0) is 5.56 Å². The van der Waals surface area contributed by atoms with Crippen molar-refractivity contribution in [3.63, 3.8) is 0 Å². The molecule has 18 heavy (non-hydrogen) atoms. The molecule has 0 aliphatic carbocycles. The molecule has 0 radical (unpaired) electrons. The highest BCUT2D eigenvalue weighted by molar-refractivity contribution is 5.82. The Kier molecular flexibility index (Phi) is 2.48. The Morgan fingerprint density at radius 2 is 1.94 bits per heavy atom. The molecular weight excluding hydrogens is 232 g/mol. The van der Waals surface area contributed by atoms with E-state index in [1.165, 1.54) is 0 Å². The number of ether oxygens (including phenoxy) is 3. The van der Waals surface area contributed by atoms with Crippen molar-refractivity contribution < 1.29 is 19.3 Å². The summed E-state index contributed by atoms with van der Waals surface area (Å²) in [6, 6.07) is 11.1. The Balaban J connectivity index is 2.26. The van der Waals surface area contributed by atoms with Crippen molar-refractivity contribution in [1.82, 2.24) is 0 Å². The third-order valence-electron chi connectivity index (χ3n) is 2.87. The van der Waals surface area contributed by atoms with Gasteiger partial charge in [0.05, 0.1) is 12.7 Å². The molecule has 4 nitrogen and oxygen atoms in total. The number of hydrogen-bond donors (Lipinski definition) is 1. The third-order valence-corrected chi connectivity index (χ3v) is 2.87. The van der Waals surface area contributed by atoms with Crippen LogP contribution in [-0.2, 0) is 0 Å². The van der Waals surface area contributed by atoms with Crippen LogP contribution in [0.5, 0.6) is 23.0 Å². The fourth-order valence-electron chi connectivity index (χ4n) is 2.08. The molecule has 0 spiro atoms. The van der Waals surface area contributed by atoms with E-state index in [4.69, 9.17) is 14.2 Å². The first-order chi connectivity index (χ1) is 8.81. The van der Waals surface area contributed by atoms with E-state index in [9.17, 15) is 5.11 Å². The summed E-state index contributed by atoms with van der Waals surface area (Å²) in [5, 5.41) is 10.1. The lowest BCUT2D eigenvalue weighted by atomic mass is 10.0. The number of phenols is 1. The molecule has 1 aliphatic heterocycles. The van der Waals surface area contributed by atoms with Gasteiger partial charge in [-0.3, -0.25) is 0 Å². The number of benzene rings is 2. The summed E-state index contributed by atoms with van der Waals surface area (Å²) >= 11 is 0. The van der Waals surface area contributed by atoms with Crippen LogP contribution in [-0.4, -0.2) is 19.0 Å². The maximum absolute atomic E-state index is 10.1. The van der Waals surface area contributed by atoms with E-state index in [1.54, 1.807) is 13.2 Å². The highest BCUT2D eigenvalue weighted by Crippen LogP contribution is 2.51. The molecule has 2 aromatic rings. The van der Waals surface area contributed by atoms with Gasteiger partial charge in [-0.2, -0.15) is 0 Å². The van der Waals surface area contributed by atoms with Crippen LogP contribution in [0.15, 0.2) is 36.4 Å². The summed E-state index contributed by atoms with van der Waals surface area (Å²) in [4.78, 5) is 0. The van der Waals surface area contributed by atoms with Gasteiger partial charge in [0.15, 0.2) is 11.5 Å². The van der Waals surface area contributed by atoms with E-state index in [2.05, 4.69) is 0 Å². The lowest BCUT2D eigenvalue weighted by molar-refractivity contribution is 0.171. The molecule has 0 saturated carbocycles. The Morgan fingerprint density at radius 3 is 2.67 bits per heavy atom. The highest BCUT2D eigenvalue weighted by atomic mass is 16.7. The lowest BCUT2D eigenvalue weighted by Crippen LogP contribution is -1.94. The Labute approximate surface area is 104 Å². The number of aromatic hydroxyl groups is 1. The van der Waals surface area contributed by atoms with Crippen molar-refractivity contribution in [1.29, 1.82) is 0 Å². The topological polar surface area (TPSA) is 47.9 Å². The minimum atomic E-state index is 0.113. The second-order valence-corrected chi connectivity index (χ2v) is 3.90. The van der Waals surface area contributed by atoms with Crippen LogP contribution in [0.2, 0.25) is 0 Å². The summed E-state index contributed by atoms with van der Waals surface area (Å²) in [6.07, 6.45) is 0. The quantitative estimate of drug-likeness (QED) is 0.882. The predicted octanol–water partition coefficient (Wildman–Crippen LogP) is 2.80. The van der Waals surface area contributed by atoms with Crippen LogP contribution in [0.3, 0.4) is 0 Å². The van der Waals surface area contributed by atoms with Gasteiger partial charge in [0.2, 0.25) is 12.5 Å². The van der Waals surface area contributed by atoms with Gasteiger partial charge in [-0.25, -0.2) is 0 Å². The first-order valence-corrected chi connectivity index (χ1v) is 5.56. The number of fused-ring (bicyclic) bond motifs is 1. The average Bonchev–Trinajstić information content (AvgIpc) is 2.85. The van der Waals surface area contributed by atoms with Crippen LogP contribution in [0.1, 0.15) is 0 Å². The van der Waals surface area contributed by atoms with E-state index in [0.717, 1.165) is 5.56 Å². The molecule has 0 bridgehead atoms. The van der Waals surface area contributed by atoms with Crippen molar-refractivity contribution in [2.24, 2.45) is 0 Å². The number of phenolic OH excluding ortho intramolecular Hbond substituents is 1. The number of rotatable bonds is 2. The molecule has 0 amide bonds. The smallest absolute Gasteiger partial charge is 0.231 e. The predicted molar refractivity (Wildman–Crippen MR) is 66.2 cm³/mol. The molecule has 2 aromatic carbocycles. The van der Waals surface area contributed by atoms with E-state index in [-0.39, 0.29) is 12.5 Å². The fourth-order valence-corrected chi connectivity index (χ4v) is 2.08. The number of hydrogen-bond acceptors (Lipinski definition) is 4. The third kappa shape index (κ3) is 1.54. The first kappa shape index (κ1) is 10.8. The Morgan fingerprint density at radius 1 is 1.17 bits per heavy atom. The minimum Gasteiger partial charge on any atom is -0.507 e. The zero-order valence-electron chi connectivity index (χ0n) is 9.84. The van der Waals surface area contributed by atoms with Crippen molar-refractivity contribution in [2.75, 3.05) is 13.9 Å². The molecular formula is C14H12O4. The van der Waals surface area contributed by atoms with Gasteiger partial charge >= 0.3 is 0 Å². The van der Waals surface area contributed by atoms with Gasteiger partial charge in [0.25, 0.3) is 0 Å². The van der Waals surface area contributed by atoms with Crippen LogP contribution in [0, 0.1) is 0 Å². The molecule has 1 N–H and O–H groups in total. The maximum atomic E-state index is 10.1. The minimum absolute atomic E-state index is 0.113. The van der Waals surface area contributed by atoms with Crippen molar-refractivity contribution in [2.45, 2.75) is 0 Å². The zero-order chi connectivity index (χ0) is 12.5. The van der Waals surface area contributed by atoms with Crippen molar-refractivity contribution in [3.8, 4) is 34.1 Å². The first-order valence-electron chi connectivity index (χ1n) is 5.56. The Bertz CT molecular complexity index is 578. The second kappa shape index (κ2) is 4.14. The Hall–Kier alpha value is -2.36. The molecule has 1 aliphatic rings. The van der Waals surface area contributed by atoms with Crippen LogP contribution in [0.25, 0.3) is 11.1 Å². The fraction of sp³-hybridized carbons (Fsp3) is 0.143. The SMILES string of the molecule is COc1c2c(cc(O)c1-c1ccccc1)OCO2. The largest absolute Gasteiger partial charge is 0.507 e. The van der Waals surface area contributed by atoms with Gasteiger partial charge in [-0.1, -0.05) is 30.3 Å². The van der Waals surface area contributed by atoms with E-state index >= 15 is 0 Å². The number of methoxy groups -OCH3 is 1. The normalized spacial score (nSPS) is 12.5. The van der Waals surface area contributed by atoms with Crippen molar-refractivity contribution >= 4 is 0 Å². The van der Waals surface area contributed by atoms with Crippen molar-refractivity contribution in [3.05, 3.63) is 36.4 Å². The maximum Gasteiger partial charge on any atom is 0.231 e. The summed E-state index contributed by atoms with van der Waals surface area (Å²) < 4.78 is 16.0. The van der Waals surface area contributed by atoms with Gasteiger partial charge in [-0.15, -0.1) is 0 Å². The molecule has 3 rings (SSSR count). The van der Waals surface area contributed by atoms with Crippen LogP contribution in [0.4, 0.5) is 0 Å². The molecule has 0 atom stereocenters. The average molecular weight is 244 g/mol. The lowest BCUT2D eigenvalue weighted by Gasteiger charge is -2.13. The zero-order valence-corrected chi connectivity index (χ0v) is 9.84. The van der Waals surface area contributed by atoms with E-state index < -0.39 is 0 Å². The molecule has 0 aromatic heterocycles. The van der Waals surface area contributed by atoms with E-state index in [1.807, 2.05) is 30.3 Å². The molecule has 4 heteroatoms. The van der Waals surface area contributed by atoms with E-state index in [0.29, 0.717) is 22.8 Å². The van der Waals surface area contributed by atoms with Crippen LogP contribution >= 0.6 is 0 Å².